The van der Waals surface area contributed by atoms with Crippen molar-refractivity contribution in [1.82, 2.24) is 4.98 Å². The maximum absolute atomic E-state index is 9.16. The van der Waals surface area contributed by atoms with Crippen molar-refractivity contribution in [2.75, 3.05) is 5.75 Å². The molecule has 3 nitrogen and oxygen atoms in total. The number of allylic oxidation sites excluding steroid dienone is 1. The fourth-order valence-electron chi connectivity index (χ4n) is 2.46. The predicted octanol–water partition coefficient (Wildman–Crippen LogP) is 4.19. The van der Waals surface area contributed by atoms with Crippen LogP contribution in [0.25, 0.3) is 4.91 Å². The summed E-state index contributed by atoms with van der Waals surface area (Å²) in [4.78, 5) is 4.25. The van der Waals surface area contributed by atoms with Gasteiger partial charge < -0.3 is 4.98 Å². The van der Waals surface area contributed by atoms with Crippen LogP contribution in [0.5, 0.6) is 0 Å². The molecule has 0 saturated heterocycles. The van der Waals surface area contributed by atoms with Crippen LogP contribution in [0.3, 0.4) is 0 Å². The van der Waals surface area contributed by atoms with Gasteiger partial charge >= 0.3 is 0 Å². The molecule has 20 heavy (non-hydrogen) atoms. The molecule has 0 saturated carbocycles. The second kappa shape index (κ2) is 7.22. The van der Waals surface area contributed by atoms with E-state index in [1.165, 1.54) is 24.1 Å². The van der Waals surface area contributed by atoms with E-state index >= 15 is 0 Å². The van der Waals surface area contributed by atoms with Crippen molar-refractivity contribution in [2.24, 2.45) is 0 Å². The Labute approximate surface area is 124 Å². The first-order chi connectivity index (χ1) is 9.80. The summed E-state index contributed by atoms with van der Waals surface area (Å²) in [6.45, 7) is 2.15. The molecule has 1 aromatic heterocycles. The van der Waals surface area contributed by atoms with E-state index in [1.54, 1.807) is 11.8 Å². The molecular weight excluding hydrogens is 266 g/mol. The Morgan fingerprint density at radius 3 is 2.70 bits per heavy atom. The van der Waals surface area contributed by atoms with E-state index in [0.29, 0.717) is 0 Å². The molecule has 0 bridgehead atoms. The number of unbranched alkanes of at least 4 members (excludes halogenated alkanes) is 1. The van der Waals surface area contributed by atoms with E-state index in [2.05, 4.69) is 18.0 Å². The van der Waals surface area contributed by atoms with Gasteiger partial charge in [-0.25, -0.2) is 0 Å². The van der Waals surface area contributed by atoms with Gasteiger partial charge in [-0.15, -0.1) is 11.8 Å². The molecule has 1 aliphatic rings. The van der Waals surface area contributed by atoms with Crippen LogP contribution in [0.15, 0.2) is 11.6 Å². The summed E-state index contributed by atoms with van der Waals surface area (Å²) in [5.74, 6) is 0.947. The SMILES string of the molecule is CCCCSC(=C(C#N)C#N)c1cc2c([nH]1)CCCC2. The summed E-state index contributed by atoms with van der Waals surface area (Å²) < 4.78 is 0. The molecule has 4 heteroatoms. The number of hydrogen-bond acceptors (Lipinski definition) is 3. The highest BCUT2D eigenvalue weighted by molar-refractivity contribution is 8.08. The summed E-state index contributed by atoms with van der Waals surface area (Å²) in [5.41, 5.74) is 3.82. The molecule has 0 amide bonds. The number of rotatable bonds is 5. The number of aromatic nitrogens is 1. The van der Waals surface area contributed by atoms with Crippen molar-refractivity contribution in [1.29, 1.82) is 10.5 Å². The maximum Gasteiger partial charge on any atom is 0.145 e. The Balaban J connectivity index is 2.32. The molecular formula is C16H19N3S. The Kier molecular flexibility index (Phi) is 5.32. The van der Waals surface area contributed by atoms with Gasteiger partial charge in [-0.2, -0.15) is 10.5 Å². The third-order valence-corrected chi connectivity index (χ3v) is 4.76. The Hall–Kier alpha value is -1.65. The third-order valence-electron chi connectivity index (χ3n) is 3.55. The second-order valence-corrected chi connectivity index (χ2v) is 6.13. The fraction of sp³-hybridized carbons (Fsp3) is 0.500. The molecule has 0 unspecified atom stereocenters. The van der Waals surface area contributed by atoms with Gasteiger partial charge in [0, 0.05) is 5.69 Å². The van der Waals surface area contributed by atoms with Crippen molar-refractivity contribution >= 4 is 16.7 Å². The van der Waals surface area contributed by atoms with E-state index in [9.17, 15) is 0 Å². The smallest absolute Gasteiger partial charge is 0.145 e. The first-order valence-corrected chi connectivity index (χ1v) is 8.17. The van der Waals surface area contributed by atoms with Gasteiger partial charge in [0.2, 0.25) is 0 Å². The van der Waals surface area contributed by atoms with Gasteiger partial charge in [-0.1, -0.05) is 13.3 Å². The molecule has 1 aliphatic carbocycles. The Morgan fingerprint density at radius 1 is 1.30 bits per heavy atom. The van der Waals surface area contributed by atoms with Gasteiger partial charge in [0.15, 0.2) is 0 Å². The summed E-state index contributed by atoms with van der Waals surface area (Å²) in [6.07, 6.45) is 6.85. The van der Waals surface area contributed by atoms with E-state index in [0.717, 1.165) is 42.0 Å². The zero-order valence-corrected chi connectivity index (χ0v) is 12.6. The van der Waals surface area contributed by atoms with Crippen LogP contribution in [0, 0.1) is 22.7 Å². The topological polar surface area (TPSA) is 63.4 Å². The van der Waals surface area contributed by atoms with Crippen LogP contribution in [0.2, 0.25) is 0 Å². The molecule has 0 spiro atoms. The molecule has 0 aromatic carbocycles. The zero-order valence-electron chi connectivity index (χ0n) is 11.8. The number of H-pyrrole nitrogens is 1. The fourth-order valence-corrected chi connectivity index (χ4v) is 3.59. The highest BCUT2D eigenvalue weighted by Crippen LogP contribution is 2.33. The van der Waals surface area contributed by atoms with Crippen LogP contribution in [-0.2, 0) is 12.8 Å². The molecule has 104 valence electrons. The Morgan fingerprint density at radius 2 is 2.05 bits per heavy atom. The van der Waals surface area contributed by atoms with Crippen molar-refractivity contribution in [3.8, 4) is 12.1 Å². The summed E-state index contributed by atoms with van der Waals surface area (Å²) in [7, 11) is 0. The van der Waals surface area contributed by atoms with Crippen molar-refractivity contribution in [3.63, 3.8) is 0 Å². The van der Waals surface area contributed by atoms with Crippen molar-refractivity contribution in [2.45, 2.75) is 45.4 Å². The minimum Gasteiger partial charge on any atom is -0.358 e. The lowest BCUT2D eigenvalue weighted by atomic mass is 9.98. The number of aromatic amines is 1. The van der Waals surface area contributed by atoms with Crippen LogP contribution < -0.4 is 0 Å². The largest absolute Gasteiger partial charge is 0.358 e. The monoisotopic (exact) mass is 285 g/mol. The predicted molar refractivity (Wildman–Crippen MR) is 82.9 cm³/mol. The molecule has 0 atom stereocenters. The summed E-state index contributed by atoms with van der Waals surface area (Å²) in [5, 5.41) is 18.3. The van der Waals surface area contributed by atoms with Gasteiger partial charge in [0.05, 0.1) is 10.6 Å². The quantitative estimate of drug-likeness (QED) is 0.652. The lowest BCUT2D eigenvalue weighted by Gasteiger charge is -2.09. The molecule has 1 N–H and O–H groups in total. The minimum absolute atomic E-state index is 0.227. The standard InChI is InChI=1S/C16H19N3S/c1-2-3-8-20-16(13(10-17)11-18)15-9-12-6-4-5-7-14(12)19-15/h9,19H,2-8H2,1H3. The Bertz CT molecular complexity index is 544. The lowest BCUT2D eigenvalue weighted by molar-refractivity contribution is 0.677. The summed E-state index contributed by atoms with van der Waals surface area (Å²) in [6, 6.07) is 6.21. The first-order valence-electron chi connectivity index (χ1n) is 7.18. The van der Waals surface area contributed by atoms with Crippen molar-refractivity contribution in [3.05, 3.63) is 28.6 Å². The van der Waals surface area contributed by atoms with E-state index in [1.807, 2.05) is 12.1 Å². The highest BCUT2D eigenvalue weighted by Gasteiger charge is 2.17. The van der Waals surface area contributed by atoms with Crippen molar-refractivity contribution < 1.29 is 0 Å². The number of nitrogens with one attached hydrogen (secondary N) is 1. The van der Waals surface area contributed by atoms with Crippen LogP contribution in [0.4, 0.5) is 0 Å². The van der Waals surface area contributed by atoms with Crippen LogP contribution in [-0.4, -0.2) is 10.7 Å². The van der Waals surface area contributed by atoms with E-state index in [4.69, 9.17) is 10.5 Å². The van der Waals surface area contributed by atoms with Gasteiger partial charge in [-0.3, -0.25) is 0 Å². The molecule has 0 aliphatic heterocycles. The van der Waals surface area contributed by atoms with Gasteiger partial charge in [0.25, 0.3) is 0 Å². The highest BCUT2D eigenvalue weighted by atomic mass is 32.2. The number of nitriles is 2. The maximum atomic E-state index is 9.16. The lowest BCUT2D eigenvalue weighted by Crippen LogP contribution is -1.99. The second-order valence-electron chi connectivity index (χ2n) is 5.02. The number of aryl methyl sites for hydroxylation is 2. The summed E-state index contributed by atoms with van der Waals surface area (Å²) >= 11 is 1.62. The number of nitrogens with zero attached hydrogens (tertiary/aromatic N) is 2. The molecule has 1 aromatic rings. The molecule has 0 fully saturated rings. The number of thioether (sulfide) groups is 1. The van der Waals surface area contributed by atoms with E-state index < -0.39 is 0 Å². The van der Waals surface area contributed by atoms with Gasteiger partial charge in [0.1, 0.15) is 17.7 Å². The zero-order chi connectivity index (χ0) is 14.4. The van der Waals surface area contributed by atoms with Gasteiger partial charge in [-0.05, 0) is 49.5 Å². The number of fused-ring (bicyclic) bond motifs is 1. The van der Waals surface area contributed by atoms with E-state index in [-0.39, 0.29) is 5.57 Å². The average Bonchev–Trinajstić information content (AvgIpc) is 2.90. The average molecular weight is 285 g/mol. The third kappa shape index (κ3) is 3.26. The molecule has 0 radical (unpaired) electrons. The van der Waals surface area contributed by atoms with Crippen LogP contribution >= 0.6 is 11.8 Å². The van der Waals surface area contributed by atoms with Crippen LogP contribution in [0.1, 0.15) is 49.6 Å². The molecule has 2 rings (SSSR count). The first kappa shape index (κ1) is 14.8. The minimum atomic E-state index is 0.227. The number of hydrogen-bond donors (Lipinski definition) is 1. The normalized spacial score (nSPS) is 13.2. The molecule has 1 heterocycles.